The van der Waals surface area contributed by atoms with Crippen molar-refractivity contribution < 1.29 is 93.6 Å². The molecular weight excluding hydrogens is 1950 g/mol. The molecule has 0 spiro atoms. The largest absolute Gasteiger partial charge is 0.527 e. The van der Waals surface area contributed by atoms with E-state index in [-0.39, 0.29) is 86.5 Å². The lowest BCUT2D eigenvalue weighted by Gasteiger charge is -2.24. The molecule has 5 aromatic heterocycles. The minimum atomic E-state index is -4.93. The molecule has 3 fully saturated rings. The molecule has 1 aliphatic heterocycles. The Labute approximate surface area is 867 Å². The summed E-state index contributed by atoms with van der Waals surface area (Å²) >= 11 is 5.55. The molecule has 0 unspecified atom stereocenters. The van der Waals surface area contributed by atoms with E-state index in [0.717, 1.165) is 146 Å². The lowest BCUT2D eigenvalue weighted by atomic mass is 9.97. The molecule has 149 heavy (non-hydrogen) atoms. The number of nitrogens with zero attached hydrogens (tertiary/aromatic N) is 11. The van der Waals surface area contributed by atoms with Crippen LogP contribution in [0.5, 0.6) is 92.3 Å². The van der Waals surface area contributed by atoms with Crippen molar-refractivity contribution in [2.75, 3.05) is 127 Å². The fourth-order valence-electron chi connectivity index (χ4n) is 18.3. The lowest BCUT2D eigenvalue weighted by Crippen LogP contribution is -2.23. The van der Waals surface area contributed by atoms with Crippen LogP contribution in [-0.2, 0) is 17.4 Å². The molecule has 16 N–H and O–H groups in total. The molecule has 0 atom stereocenters. The number of methoxy groups -OCH3 is 5. The average Bonchev–Trinajstić information content (AvgIpc) is 1.60. The molecule has 39 heteroatoms. The van der Waals surface area contributed by atoms with Gasteiger partial charge in [-0.3, -0.25) is 32.6 Å². The predicted molar refractivity (Wildman–Crippen MR) is 582 cm³/mol. The number of aromatic hydroxyl groups is 10. The van der Waals surface area contributed by atoms with Gasteiger partial charge in [0.05, 0.1) is 127 Å². The van der Waals surface area contributed by atoms with Crippen LogP contribution in [0.25, 0.3) is 84.7 Å². The summed E-state index contributed by atoms with van der Waals surface area (Å²) in [4.78, 5) is 82.6. The van der Waals surface area contributed by atoms with Crippen molar-refractivity contribution in [3.05, 3.63) is 247 Å². The number of aryl methyl sites for hydroxylation is 2. The van der Waals surface area contributed by atoms with E-state index < -0.39 is 7.82 Å². The summed E-state index contributed by atoms with van der Waals surface area (Å²) in [7, 11) is 8.99. The predicted octanol–water partition coefficient (Wildman–Crippen LogP) is 19.6. The third kappa shape index (κ3) is 23.4. The van der Waals surface area contributed by atoms with Crippen molar-refractivity contribution in [3.63, 3.8) is 0 Å². The first kappa shape index (κ1) is 109. The number of phosphoric acid groups is 1. The minimum absolute atomic E-state index is 0.0223. The van der Waals surface area contributed by atoms with Crippen LogP contribution in [0.1, 0.15) is 146 Å². The Hall–Kier alpha value is -16.2. The first-order chi connectivity index (χ1) is 71.3. The Bertz CT molecular complexity index is 7320. The second-order valence-electron chi connectivity index (χ2n) is 36.5. The minimum Gasteiger partial charge on any atom is -0.508 e. The van der Waals surface area contributed by atoms with Crippen molar-refractivity contribution in [2.24, 2.45) is 0 Å². The molecule has 6 heterocycles. The zero-order valence-corrected chi connectivity index (χ0v) is 88.1. The van der Waals surface area contributed by atoms with Gasteiger partial charge in [0.15, 0.2) is 4.77 Å². The van der Waals surface area contributed by atoms with Crippen molar-refractivity contribution in [3.8, 4) is 177 Å². The number of phenols is 10. The third-order valence-corrected chi connectivity index (χ3v) is 27.7. The van der Waals surface area contributed by atoms with Crippen molar-refractivity contribution in [1.82, 2.24) is 47.8 Å². The number of hydrogen-bond acceptors (Lipinski definition) is 27. The van der Waals surface area contributed by atoms with E-state index in [1.165, 1.54) is 54.8 Å². The zero-order valence-electron chi connectivity index (χ0n) is 86.4. The topological polar surface area (TPSA) is 483 Å². The fourth-order valence-corrected chi connectivity index (χ4v) is 18.9. The van der Waals surface area contributed by atoms with Crippen molar-refractivity contribution >= 4 is 48.5 Å². The summed E-state index contributed by atoms with van der Waals surface area (Å²) in [5.41, 5.74) is 15.5. The highest BCUT2D eigenvalue weighted by Crippen LogP contribution is 2.52. The summed E-state index contributed by atoms with van der Waals surface area (Å²) in [5, 5.41) is 103. The van der Waals surface area contributed by atoms with Crippen LogP contribution in [0.4, 0.5) is 28.4 Å². The summed E-state index contributed by atoms with van der Waals surface area (Å²) in [6.45, 7) is 23.6. The molecule has 3 aliphatic rings. The molecule has 2 aliphatic carbocycles. The van der Waals surface area contributed by atoms with Crippen LogP contribution in [0.2, 0.25) is 0 Å². The van der Waals surface area contributed by atoms with E-state index in [1.807, 2.05) is 156 Å². The maximum absolute atomic E-state index is 12.7. The Kier molecular flexibility index (Phi) is 34.0. The van der Waals surface area contributed by atoms with Gasteiger partial charge in [0.25, 0.3) is 0 Å². The number of rotatable bonds is 32. The molecule has 10 aromatic carbocycles. The number of ether oxygens (including phenoxy) is 5. The average molecular weight is 2080 g/mol. The van der Waals surface area contributed by atoms with Gasteiger partial charge in [0, 0.05) is 150 Å². The Morgan fingerprint density at radius 1 is 0.389 bits per heavy atom. The van der Waals surface area contributed by atoms with E-state index >= 15 is 0 Å². The SMILES string of the molecule is CCN(C)c1cc(-n2c(-c3cc(C(C)C)c(O)cc3O)cnc2OP(=O)(O)O)ccc1OC.CCN(C)c1cc(-n2c(-c3cc(C4CC4)c(O)cc3O)c[nH]c2=O)ccc1OC.CCN(C)c1cc(-n2c(-c3cc(C4CC4)c(O)cc3O)c[nH]c2=S)ccc1OC.CCc1cc(-c2c[nH]c(=O)n2-c2ccc(OC)c(N(CC)CC)c2)c(O)cc1O.CCc1cc(-c2c[nH]c(=O)n2-c2ccc(OC)c(N3CCCC3)c2)c(O)cc1O. The first-order valence-electron chi connectivity index (χ1n) is 49.2. The van der Waals surface area contributed by atoms with Crippen molar-refractivity contribution in [2.45, 2.75) is 131 Å². The van der Waals surface area contributed by atoms with E-state index in [2.05, 4.69) is 60.4 Å². The van der Waals surface area contributed by atoms with Crippen molar-refractivity contribution in [1.29, 1.82) is 0 Å². The zero-order chi connectivity index (χ0) is 108. The van der Waals surface area contributed by atoms with Crippen LogP contribution in [-0.4, -0.2) is 211 Å². The standard InChI is InChI=1S/C22H28N3O7P.2C22H25N3O4.C22H27N3O4.C22H25N3O3S/c1-6-24(4)17-9-14(7-8-21(17)31-5)25-18(12-23-22(25)32-33(28,29)30)16-10-15(13(2)3)19(26)11-20(16)27;1-4-24(2)17-9-14(7-8-21(17)29-3)25-18(12-23-22(25)28)16-10-15(13-5-6-13)19(26)11-20(16)27;1-3-14-10-16(20(27)12-19(14)26)18-13-23-22(28)25(18)15-6-7-21(29-2)17(11-15)24-8-4-5-9-24;1-5-14-10-16(20(27)12-19(14)26)18-13-23-22(28)25(18)15-8-9-21(29-4)17(11-15)24(6-2)7-3;1-4-24(2)17-9-14(7-8-21(17)28-3)25-18(12-23-22(25)29)16-10-15(13-5-6-13)19(26)11-20(16)27/h7-13,26-27H,6H2,1-5H3,(H2,28,29,30);7-13,26-27H,4-6H2,1-3H3,(H,23,28);6-7,10-13,26-27H,3-5,8-9H2,1-2H3,(H,23,28);8-13,26-27H,5-7H2,1-4H3,(H,23,28);7-13,26-27H,4-6H2,1-3H3,(H,23,29). The van der Waals surface area contributed by atoms with Gasteiger partial charge in [-0.1, -0.05) is 27.7 Å². The number of anilines is 5. The normalized spacial score (nSPS) is 12.6. The monoisotopic (exact) mass is 2080 g/mol. The maximum Gasteiger partial charge on any atom is 0.527 e. The number of benzene rings is 10. The van der Waals surface area contributed by atoms with Gasteiger partial charge < -0.3 is 124 Å². The molecule has 0 amide bonds. The van der Waals surface area contributed by atoms with Gasteiger partial charge in [0.1, 0.15) is 86.2 Å². The van der Waals surface area contributed by atoms with Gasteiger partial charge in [0.2, 0.25) is 0 Å². The smallest absolute Gasteiger partial charge is 0.508 e. The molecule has 18 rings (SSSR count). The lowest BCUT2D eigenvalue weighted by molar-refractivity contribution is 0.273. The highest BCUT2D eigenvalue weighted by atomic mass is 32.1. The molecule has 1 saturated heterocycles. The van der Waals surface area contributed by atoms with Crippen LogP contribution >= 0.6 is 20.0 Å². The molecule has 0 radical (unpaired) electrons. The number of nitrogens with one attached hydrogen (secondary N) is 4. The number of imidazole rings is 5. The third-order valence-electron chi connectivity index (χ3n) is 27.0. The molecular formula is C110H130N15O22PS. The highest BCUT2D eigenvalue weighted by molar-refractivity contribution is 7.71. The second-order valence-corrected chi connectivity index (χ2v) is 38.0. The van der Waals surface area contributed by atoms with Gasteiger partial charge in [-0.25, -0.2) is 23.9 Å². The second kappa shape index (κ2) is 46.7. The number of hydrogen-bond donors (Lipinski definition) is 16. The first-order valence-corrected chi connectivity index (χ1v) is 51.2. The molecule has 15 aromatic rings. The number of H-pyrrole nitrogens is 4. The molecule has 2 saturated carbocycles. The summed E-state index contributed by atoms with van der Waals surface area (Å²) < 4.78 is 52.3. The summed E-state index contributed by atoms with van der Waals surface area (Å²) in [6, 6.07) is 42.7. The highest BCUT2D eigenvalue weighted by Gasteiger charge is 2.34. The van der Waals surface area contributed by atoms with E-state index in [0.29, 0.717) is 138 Å². The van der Waals surface area contributed by atoms with Gasteiger partial charge in [-0.15, -0.1) is 0 Å². The number of phosphoric ester groups is 1. The Balaban J connectivity index is 0.000000147. The fraction of sp³-hybridized carbons (Fsp3) is 0.318. The number of aromatic nitrogens is 10. The number of aromatic amines is 4. The molecule has 788 valence electrons. The van der Waals surface area contributed by atoms with E-state index in [1.54, 1.807) is 103 Å². The van der Waals surface area contributed by atoms with Crippen LogP contribution in [0.3, 0.4) is 0 Å². The molecule has 0 bridgehead atoms. The number of phenolic OH excluding ortho intramolecular Hbond substituents is 10. The van der Waals surface area contributed by atoms with Crippen LogP contribution in [0.15, 0.2) is 197 Å². The van der Waals surface area contributed by atoms with E-state index in [9.17, 15) is 79.8 Å². The summed E-state index contributed by atoms with van der Waals surface area (Å²) in [5.74, 6) is 4.02. The Morgan fingerprint density at radius 2 is 0.718 bits per heavy atom. The quantitative estimate of drug-likeness (QED) is 0.0137. The van der Waals surface area contributed by atoms with Crippen LogP contribution in [0, 0.1) is 4.77 Å². The van der Waals surface area contributed by atoms with Crippen LogP contribution < -0.4 is 69.8 Å². The maximum atomic E-state index is 12.7. The van der Waals surface area contributed by atoms with Gasteiger partial charge >= 0.3 is 30.9 Å². The van der Waals surface area contributed by atoms with Gasteiger partial charge in [-0.2, -0.15) is 0 Å². The Morgan fingerprint density at radius 3 is 1.08 bits per heavy atom. The van der Waals surface area contributed by atoms with E-state index in [4.69, 9.17) is 40.4 Å². The summed E-state index contributed by atoms with van der Waals surface area (Å²) in [6.07, 6.45) is 15.5. The van der Waals surface area contributed by atoms with Gasteiger partial charge in [-0.05, 0) is 265 Å². The molecule has 37 nitrogen and oxygen atoms in total.